The van der Waals surface area contributed by atoms with E-state index in [0.717, 1.165) is 6.07 Å². The van der Waals surface area contributed by atoms with E-state index >= 15 is 0 Å². The minimum Gasteiger partial charge on any atom is -0.332 e. The van der Waals surface area contributed by atoms with Gasteiger partial charge in [-0.3, -0.25) is 4.79 Å². The predicted molar refractivity (Wildman–Crippen MR) is 117 cm³/mol. The van der Waals surface area contributed by atoms with Gasteiger partial charge in [0.05, 0.1) is 16.7 Å². The number of rotatable bonds is 4. The summed E-state index contributed by atoms with van der Waals surface area (Å²) < 4.78 is 91.6. The fourth-order valence-corrected chi connectivity index (χ4v) is 3.04. The van der Waals surface area contributed by atoms with Gasteiger partial charge in [0.2, 0.25) is 0 Å². The van der Waals surface area contributed by atoms with Gasteiger partial charge >= 0.3 is 12.4 Å². The molecule has 0 bridgehead atoms. The largest absolute Gasteiger partial charge is 0.416 e. The van der Waals surface area contributed by atoms with Crippen LogP contribution < -0.4 is 16.0 Å². The van der Waals surface area contributed by atoms with Gasteiger partial charge in [0, 0.05) is 17.1 Å². The number of benzene rings is 3. The van der Waals surface area contributed by atoms with E-state index in [1.165, 1.54) is 42.5 Å². The topological polar surface area (TPSA) is 53.2 Å². The van der Waals surface area contributed by atoms with Crippen LogP contribution in [0.2, 0.25) is 0 Å². The van der Waals surface area contributed by atoms with E-state index in [1.807, 2.05) is 0 Å². The van der Waals surface area contributed by atoms with Gasteiger partial charge in [0.15, 0.2) is 5.11 Å². The van der Waals surface area contributed by atoms with Crippen LogP contribution in [0.5, 0.6) is 0 Å². The molecule has 3 aromatic carbocycles. The lowest BCUT2D eigenvalue weighted by Gasteiger charge is -2.16. The molecule has 0 saturated carbocycles. The van der Waals surface area contributed by atoms with E-state index < -0.39 is 40.9 Å². The van der Waals surface area contributed by atoms with Gasteiger partial charge < -0.3 is 16.0 Å². The second-order valence-corrected chi connectivity index (χ2v) is 7.29. The molecule has 0 aliphatic heterocycles. The van der Waals surface area contributed by atoms with Crippen LogP contribution in [0.25, 0.3) is 0 Å². The third-order valence-electron chi connectivity index (χ3n) is 4.36. The van der Waals surface area contributed by atoms with Gasteiger partial charge in [-0.1, -0.05) is 12.1 Å². The molecule has 0 heterocycles. The van der Waals surface area contributed by atoms with Gasteiger partial charge in [-0.15, -0.1) is 0 Å². The third kappa shape index (κ3) is 6.44. The molecular formula is C22H14F7N3OS. The summed E-state index contributed by atoms with van der Waals surface area (Å²) in [7, 11) is 0. The summed E-state index contributed by atoms with van der Waals surface area (Å²) in [5.74, 6) is -1.38. The molecule has 178 valence electrons. The van der Waals surface area contributed by atoms with Crippen molar-refractivity contribution >= 4 is 40.3 Å². The Morgan fingerprint density at radius 3 is 1.65 bits per heavy atom. The number of halogens is 7. The average molecular weight is 501 g/mol. The predicted octanol–water partition coefficient (Wildman–Crippen LogP) is 6.92. The van der Waals surface area contributed by atoms with E-state index in [4.69, 9.17) is 12.2 Å². The Kier molecular flexibility index (Phi) is 7.10. The lowest BCUT2D eigenvalue weighted by Crippen LogP contribution is -2.20. The van der Waals surface area contributed by atoms with E-state index in [1.54, 1.807) is 0 Å². The lowest BCUT2D eigenvalue weighted by atomic mass is 10.1. The lowest BCUT2D eigenvalue weighted by molar-refractivity contribution is -0.143. The summed E-state index contributed by atoms with van der Waals surface area (Å²) >= 11 is 4.98. The zero-order valence-electron chi connectivity index (χ0n) is 16.8. The van der Waals surface area contributed by atoms with Crippen molar-refractivity contribution in [2.24, 2.45) is 0 Å². The van der Waals surface area contributed by atoms with E-state index in [9.17, 15) is 35.5 Å². The highest BCUT2D eigenvalue weighted by atomic mass is 32.1. The van der Waals surface area contributed by atoms with Crippen molar-refractivity contribution in [2.75, 3.05) is 16.0 Å². The zero-order valence-corrected chi connectivity index (χ0v) is 17.6. The van der Waals surface area contributed by atoms with Crippen molar-refractivity contribution in [3.8, 4) is 0 Å². The Balaban J connectivity index is 1.68. The minimum atomic E-state index is -4.99. The molecule has 1 amide bonds. The maximum Gasteiger partial charge on any atom is 0.416 e. The molecule has 0 saturated heterocycles. The Morgan fingerprint density at radius 1 is 0.676 bits per heavy atom. The van der Waals surface area contributed by atoms with Crippen LogP contribution in [-0.2, 0) is 12.4 Å². The molecule has 3 N–H and O–H groups in total. The van der Waals surface area contributed by atoms with Crippen LogP contribution in [0, 0.1) is 5.82 Å². The van der Waals surface area contributed by atoms with Crippen molar-refractivity contribution in [2.45, 2.75) is 12.4 Å². The molecule has 0 aliphatic rings. The fourth-order valence-electron chi connectivity index (χ4n) is 2.80. The van der Waals surface area contributed by atoms with Gasteiger partial charge in [0.25, 0.3) is 5.91 Å². The Bertz CT molecular complexity index is 1180. The third-order valence-corrected chi connectivity index (χ3v) is 4.57. The first-order valence-electron chi connectivity index (χ1n) is 9.36. The molecule has 0 aromatic heterocycles. The molecule has 0 spiro atoms. The molecule has 0 aliphatic carbocycles. The highest BCUT2D eigenvalue weighted by Gasteiger charge is 2.37. The summed E-state index contributed by atoms with van der Waals surface area (Å²) in [4.78, 5) is 12.1. The molecule has 0 radical (unpaired) electrons. The van der Waals surface area contributed by atoms with Crippen molar-refractivity contribution in [3.05, 3.63) is 89.2 Å². The molecule has 0 atom stereocenters. The summed E-state index contributed by atoms with van der Waals surface area (Å²) in [6.45, 7) is 0. The maximum absolute atomic E-state index is 13.7. The molecular weight excluding hydrogens is 487 g/mol. The summed E-state index contributed by atoms with van der Waals surface area (Å²) in [6.07, 6.45) is -9.98. The zero-order chi connectivity index (χ0) is 25.1. The van der Waals surface area contributed by atoms with Crippen LogP contribution in [0.4, 0.5) is 47.8 Å². The molecule has 4 nitrogen and oxygen atoms in total. The normalized spacial score (nSPS) is 11.6. The number of amides is 1. The van der Waals surface area contributed by atoms with Crippen molar-refractivity contribution in [3.63, 3.8) is 0 Å². The fraction of sp³-hybridized carbons (Fsp3) is 0.0909. The molecule has 3 aromatic rings. The molecule has 3 rings (SSSR count). The molecule has 0 unspecified atom stereocenters. The standard InChI is InChI=1S/C22H14F7N3OS/c23-18-4-2-1-3-17(18)19(33)30-14-5-7-15(8-6-14)31-20(34)32-16-10-12(21(24,25)26)9-13(11-16)22(27,28)29/h1-11H,(H,30,33)(H2,31,32,34). The number of carbonyl (C=O) groups is 1. The summed E-state index contributed by atoms with van der Waals surface area (Å²) in [6, 6.07) is 12.2. The number of alkyl halides is 6. The quantitative estimate of drug-likeness (QED) is 0.268. The monoisotopic (exact) mass is 501 g/mol. The average Bonchev–Trinajstić information content (AvgIpc) is 2.74. The van der Waals surface area contributed by atoms with E-state index in [-0.39, 0.29) is 16.7 Å². The van der Waals surface area contributed by atoms with Gasteiger partial charge in [-0.2, -0.15) is 26.3 Å². The Hall–Kier alpha value is -3.67. The van der Waals surface area contributed by atoms with E-state index in [0.29, 0.717) is 23.5 Å². The highest BCUT2D eigenvalue weighted by molar-refractivity contribution is 7.80. The number of hydrogen-bond acceptors (Lipinski definition) is 2. The van der Waals surface area contributed by atoms with Crippen LogP contribution in [0.1, 0.15) is 21.5 Å². The smallest absolute Gasteiger partial charge is 0.332 e. The van der Waals surface area contributed by atoms with Crippen LogP contribution in [-0.4, -0.2) is 11.0 Å². The molecule has 0 fully saturated rings. The summed E-state index contributed by atoms with van der Waals surface area (Å²) in [5.41, 5.74) is -3.00. The molecule has 34 heavy (non-hydrogen) atoms. The number of hydrogen-bond donors (Lipinski definition) is 3. The van der Waals surface area contributed by atoms with Crippen LogP contribution in [0.3, 0.4) is 0 Å². The van der Waals surface area contributed by atoms with Crippen molar-refractivity contribution < 1.29 is 35.5 Å². The van der Waals surface area contributed by atoms with E-state index in [2.05, 4.69) is 16.0 Å². The Labute approximate surface area is 193 Å². The highest BCUT2D eigenvalue weighted by Crippen LogP contribution is 2.37. The number of carbonyl (C=O) groups excluding carboxylic acids is 1. The maximum atomic E-state index is 13.7. The van der Waals surface area contributed by atoms with Gasteiger partial charge in [-0.25, -0.2) is 4.39 Å². The SMILES string of the molecule is O=C(Nc1ccc(NC(=S)Nc2cc(C(F)(F)F)cc(C(F)(F)F)c2)cc1)c1ccccc1F. The number of thiocarbonyl (C=S) groups is 1. The minimum absolute atomic E-state index is 0.00991. The van der Waals surface area contributed by atoms with Gasteiger partial charge in [-0.05, 0) is 66.8 Å². The number of anilines is 3. The second-order valence-electron chi connectivity index (χ2n) is 6.89. The van der Waals surface area contributed by atoms with Crippen molar-refractivity contribution in [1.29, 1.82) is 0 Å². The van der Waals surface area contributed by atoms with Crippen LogP contribution >= 0.6 is 12.2 Å². The Morgan fingerprint density at radius 2 is 1.15 bits per heavy atom. The first-order chi connectivity index (χ1) is 15.8. The second kappa shape index (κ2) is 9.67. The van der Waals surface area contributed by atoms with Crippen LogP contribution in [0.15, 0.2) is 66.7 Å². The first-order valence-corrected chi connectivity index (χ1v) is 9.77. The summed E-state index contributed by atoms with van der Waals surface area (Å²) in [5, 5.41) is 7.14. The molecule has 12 heteroatoms. The van der Waals surface area contributed by atoms with Crippen molar-refractivity contribution in [1.82, 2.24) is 0 Å². The van der Waals surface area contributed by atoms with Gasteiger partial charge in [0.1, 0.15) is 5.82 Å². The first kappa shape index (κ1) is 25.0. The number of nitrogens with one attached hydrogen (secondary N) is 3.